The maximum absolute atomic E-state index is 11.4. The van der Waals surface area contributed by atoms with Gasteiger partial charge in [-0.2, -0.15) is 0 Å². The predicted molar refractivity (Wildman–Crippen MR) is 61.4 cm³/mol. The number of carbonyl (C=O) groups excluding carboxylic acids is 1. The summed E-state index contributed by atoms with van der Waals surface area (Å²) in [5, 5.41) is 17.9. The number of anilines is 1. The number of aromatic carboxylic acids is 1. The van der Waals surface area contributed by atoms with Crippen LogP contribution < -0.4 is 5.32 Å². The van der Waals surface area contributed by atoms with Gasteiger partial charge in [0.1, 0.15) is 5.60 Å². The van der Waals surface area contributed by atoms with E-state index in [2.05, 4.69) is 20.5 Å². The second-order valence-electron chi connectivity index (χ2n) is 4.50. The maximum Gasteiger partial charge on any atom is 0.414 e. The Kier molecular flexibility index (Phi) is 3.79. The highest BCUT2D eigenvalue weighted by Crippen LogP contribution is 2.09. The van der Waals surface area contributed by atoms with Crippen molar-refractivity contribution in [3.05, 3.63) is 11.4 Å². The van der Waals surface area contributed by atoms with Gasteiger partial charge in [-0.15, -0.1) is 10.2 Å². The van der Waals surface area contributed by atoms with E-state index in [1.54, 1.807) is 20.8 Å². The van der Waals surface area contributed by atoms with Crippen molar-refractivity contribution in [1.82, 2.24) is 15.2 Å². The van der Waals surface area contributed by atoms with Crippen molar-refractivity contribution in [3.8, 4) is 0 Å². The van der Waals surface area contributed by atoms with E-state index in [4.69, 9.17) is 9.84 Å². The lowest BCUT2D eigenvalue weighted by molar-refractivity contribution is 0.0633. The van der Waals surface area contributed by atoms with Gasteiger partial charge in [0.05, 0.1) is 5.69 Å². The van der Waals surface area contributed by atoms with E-state index < -0.39 is 17.7 Å². The molecule has 0 aliphatic carbocycles. The van der Waals surface area contributed by atoms with Crippen molar-refractivity contribution in [1.29, 1.82) is 0 Å². The minimum absolute atomic E-state index is 0.105. The lowest BCUT2D eigenvalue weighted by Gasteiger charge is -2.19. The van der Waals surface area contributed by atoms with Crippen LogP contribution in [0.2, 0.25) is 0 Å². The van der Waals surface area contributed by atoms with Crippen LogP contribution in [0.1, 0.15) is 37.0 Å². The van der Waals surface area contributed by atoms with E-state index in [1.165, 1.54) is 6.92 Å². The minimum atomic E-state index is -1.23. The molecule has 1 aromatic rings. The number of carboxylic acid groups (broad SMARTS) is 1. The number of aryl methyl sites for hydroxylation is 1. The van der Waals surface area contributed by atoms with E-state index in [0.29, 0.717) is 0 Å². The standard InChI is InChI=1S/C10H14N4O4/c1-5-6(7(15)16)13-14-8(11-5)12-9(17)18-10(2,3)4/h1-4H3,(H,15,16)(H,11,12,14,17). The molecule has 8 nitrogen and oxygen atoms in total. The fourth-order valence-electron chi connectivity index (χ4n) is 1.05. The Bertz CT molecular complexity index is 481. The fraction of sp³-hybridized carbons (Fsp3) is 0.500. The molecule has 1 rings (SSSR count). The molecule has 0 spiro atoms. The van der Waals surface area contributed by atoms with Crippen LogP contribution in [0.25, 0.3) is 0 Å². The summed E-state index contributed by atoms with van der Waals surface area (Å²) >= 11 is 0. The summed E-state index contributed by atoms with van der Waals surface area (Å²) < 4.78 is 4.99. The van der Waals surface area contributed by atoms with E-state index >= 15 is 0 Å². The lowest BCUT2D eigenvalue weighted by atomic mass is 10.2. The summed E-state index contributed by atoms with van der Waals surface area (Å²) in [6.45, 7) is 6.60. The van der Waals surface area contributed by atoms with Gasteiger partial charge < -0.3 is 9.84 Å². The summed E-state index contributed by atoms with van der Waals surface area (Å²) in [5.74, 6) is -1.33. The number of amides is 1. The number of ether oxygens (including phenoxy) is 1. The first-order valence-electron chi connectivity index (χ1n) is 5.13. The van der Waals surface area contributed by atoms with Crippen molar-refractivity contribution in [2.24, 2.45) is 0 Å². The molecule has 0 aliphatic heterocycles. The number of carbonyl (C=O) groups is 2. The molecule has 98 valence electrons. The molecule has 0 aliphatic rings. The topological polar surface area (TPSA) is 114 Å². The summed E-state index contributed by atoms with van der Waals surface area (Å²) in [6, 6.07) is 0. The second kappa shape index (κ2) is 4.94. The maximum atomic E-state index is 11.4. The molecule has 1 aromatic heterocycles. The first-order chi connectivity index (χ1) is 8.19. The molecular weight excluding hydrogens is 240 g/mol. The molecule has 0 aromatic carbocycles. The molecule has 0 unspecified atom stereocenters. The number of nitrogens with zero attached hydrogens (tertiary/aromatic N) is 3. The van der Waals surface area contributed by atoms with Gasteiger partial charge in [0.15, 0.2) is 5.69 Å². The number of hydrogen-bond acceptors (Lipinski definition) is 6. The molecule has 0 fully saturated rings. The Hall–Kier alpha value is -2.25. The summed E-state index contributed by atoms with van der Waals surface area (Å²) in [6.07, 6.45) is -0.730. The smallest absolute Gasteiger partial charge is 0.414 e. The summed E-state index contributed by atoms with van der Waals surface area (Å²) in [7, 11) is 0. The number of hydrogen-bond donors (Lipinski definition) is 2. The summed E-state index contributed by atoms with van der Waals surface area (Å²) in [4.78, 5) is 25.9. The van der Waals surface area contributed by atoms with Gasteiger partial charge in [0.25, 0.3) is 5.95 Å². The quantitative estimate of drug-likeness (QED) is 0.815. The predicted octanol–water partition coefficient (Wildman–Crippen LogP) is 1.23. The molecule has 18 heavy (non-hydrogen) atoms. The highest BCUT2D eigenvalue weighted by Gasteiger charge is 2.18. The van der Waals surface area contributed by atoms with Crippen LogP contribution in [0.5, 0.6) is 0 Å². The van der Waals surface area contributed by atoms with Gasteiger partial charge in [-0.05, 0) is 27.7 Å². The molecule has 0 atom stereocenters. The molecule has 0 bridgehead atoms. The van der Waals surface area contributed by atoms with Crippen LogP contribution in [-0.2, 0) is 4.74 Å². The van der Waals surface area contributed by atoms with Crippen molar-refractivity contribution in [2.45, 2.75) is 33.3 Å². The Morgan fingerprint density at radius 3 is 2.33 bits per heavy atom. The zero-order chi connectivity index (χ0) is 13.9. The van der Waals surface area contributed by atoms with Crippen LogP contribution in [0, 0.1) is 6.92 Å². The fourth-order valence-corrected chi connectivity index (χ4v) is 1.05. The van der Waals surface area contributed by atoms with E-state index in [1.807, 2.05) is 0 Å². The zero-order valence-electron chi connectivity index (χ0n) is 10.5. The Morgan fingerprint density at radius 2 is 1.89 bits per heavy atom. The monoisotopic (exact) mass is 254 g/mol. The molecular formula is C10H14N4O4. The van der Waals surface area contributed by atoms with Crippen LogP contribution in [-0.4, -0.2) is 38.0 Å². The SMILES string of the molecule is Cc1nc(NC(=O)OC(C)(C)C)nnc1C(=O)O. The van der Waals surface area contributed by atoms with E-state index in [-0.39, 0.29) is 17.3 Å². The molecule has 0 saturated heterocycles. The highest BCUT2D eigenvalue weighted by molar-refractivity contribution is 5.87. The first kappa shape index (κ1) is 13.8. The molecule has 2 N–H and O–H groups in total. The third-order valence-corrected chi connectivity index (χ3v) is 1.68. The average molecular weight is 254 g/mol. The van der Waals surface area contributed by atoms with Gasteiger partial charge in [-0.3, -0.25) is 5.32 Å². The molecule has 0 radical (unpaired) electrons. The van der Waals surface area contributed by atoms with Gasteiger partial charge >= 0.3 is 12.1 Å². The van der Waals surface area contributed by atoms with Crippen LogP contribution in [0.4, 0.5) is 10.7 Å². The normalized spacial score (nSPS) is 10.9. The van der Waals surface area contributed by atoms with Gasteiger partial charge in [-0.1, -0.05) is 0 Å². The lowest BCUT2D eigenvalue weighted by Crippen LogP contribution is -2.28. The van der Waals surface area contributed by atoms with Crippen molar-refractivity contribution in [3.63, 3.8) is 0 Å². The Balaban J connectivity index is 2.78. The Morgan fingerprint density at radius 1 is 1.28 bits per heavy atom. The third kappa shape index (κ3) is 3.96. The highest BCUT2D eigenvalue weighted by atomic mass is 16.6. The van der Waals surface area contributed by atoms with Crippen LogP contribution in [0.3, 0.4) is 0 Å². The first-order valence-corrected chi connectivity index (χ1v) is 5.13. The average Bonchev–Trinajstić information content (AvgIpc) is 2.13. The van der Waals surface area contributed by atoms with Crippen molar-refractivity contribution >= 4 is 18.0 Å². The zero-order valence-corrected chi connectivity index (χ0v) is 10.5. The van der Waals surface area contributed by atoms with E-state index in [9.17, 15) is 9.59 Å². The van der Waals surface area contributed by atoms with Gasteiger partial charge in [0.2, 0.25) is 0 Å². The van der Waals surface area contributed by atoms with Crippen molar-refractivity contribution < 1.29 is 19.4 Å². The second-order valence-corrected chi connectivity index (χ2v) is 4.50. The molecule has 8 heteroatoms. The van der Waals surface area contributed by atoms with Gasteiger partial charge in [-0.25, -0.2) is 14.6 Å². The third-order valence-electron chi connectivity index (χ3n) is 1.68. The number of nitrogens with one attached hydrogen (secondary N) is 1. The minimum Gasteiger partial charge on any atom is -0.476 e. The molecule has 1 heterocycles. The van der Waals surface area contributed by atoms with Crippen molar-refractivity contribution in [2.75, 3.05) is 5.32 Å². The molecule has 0 saturated carbocycles. The largest absolute Gasteiger partial charge is 0.476 e. The number of aromatic nitrogens is 3. The van der Waals surface area contributed by atoms with Gasteiger partial charge in [0, 0.05) is 0 Å². The van der Waals surface area contributed by atoms with Crippen LogP contribution >= 0.6 is 0 Å². The molecule has 1 amide bonds. The Labute approximate surface area is 103 Å². The number of rotatable bonds is 2. The van der Waals surface area contributed by atoms with E-state index in [0.717, 1.165) is 0 Å². The van der Waals surface area contributed by atoms with Crippen LogP contribution in [0.15, 0.2) is 0 Å². The number of carboxylic acids is 1. The summed E-state index contributed by atoms with van der Waals surface area (Å²) in [5.41, 5.74) is -0.749.